The van der Waals surface area contributed by atoms with Crippen molar-refractivity contribution in [3.63, 3.8) is 0 Å². The second-order valence-electron chi connectivity index (χ2n) is 6.61. The zero-order valence-corrected chi connectivity index (χ0v) is 12.7. The first kappa shape index (κ1) is 13.9. The number of aromatic nitrogens is 1. The quantitative estimate of drug-likeness (QED) is 0.883. The minimum Gasteiger partial charge on any atom is -0.387 e. The van der Waals surface area contributed by atoms with Gasteiger partial charge in [-0.3, -0.25) is 9.88 Å². The second kappa shape index (κ2) is 5.49. The van der Waals surface area contributed by atoms with E-state index in [1.54, 1.807) is 0 Å². The Bertz CT molecular complexity index is 693. The number of piperidine rings is 3. The van der Waals surface area contributed by atoms with Gasteiger partial charge in [0.25, 0.3) is 0 Å². The molecule has 0 saturated carbocycles. The summed E-state index contributed by atoms with van der Waals surface area (Å²) in [6.07, 6.45) is 5.76. The van der Waals surface area contributed by atoms with E-state index in [4.69, 9.17) is 0 Å². The first-order valence-corrected chi connectivity index (χ1v) is 8.16. The lowest BCUT2D eigenvalue weighted by molar-refractivity contribution is -0.0444. The van der Waals surface area contributed by atoms with Crippen LogP contribution in [0.1, 0.15) is 24.5 Å². The predicted octanol–water partition coefficient (Wildman–Crippen LogP) is 3.16. The summed E-state index contributed by atoms with van der Waals surface area (Å²) in [5.74, 6) is 1.27. The van der Waals surface area contributed by atoms with Gasteiger partial charge in [0.1, 0.15) is 0 Å². The smallest absolute Gasteiger partial charge is 0.0952 e. The number of nitrogens with zero attached hydrogens (tertiary/aromatic N) is 2. The normalized spacial score (nSPS) is 32.0. The lowest BCUT2D eigenvalue weighted by Crippen LogP contribution is -2.54. The molecule has 0 aliphatic carbocycles. The second-order valence-corrected chi connectivity index (χ2v) is 6.61. The molecule has 1 N–H and O–H groups in total. The number of aliphatic hydroxyl groups excluding tert-OH is 1. The van der Waals surface area contributed by atoms with Crippen LogP contribution < -0.4 is 0 Å². The zero-order chi connectivity index (χ0) is 15.1. The van der Waals surface area contributed by atoms with Crippen LogP contribution in [0.5, 0.6) is 0 Å². The van der Waals surface area contributed by atoms with Gasteiger partial charge in [-0.15, -0.1) is 6.58 Å². The summed E-state index contributed by atoms with van der Waals surface area (Å²) >= 11 is 0. The minimum atomic E-state index is -0.443. The van der Waals surface area contributed by atoms with Crippen LogP contribution in [-0.2, 0) is 0 Å². The highest BCUT2D eigenvalue weighted by Gasteiger charge is 2.42. The third kappa shape index (κ3) is 2.16. The Kier molecular flexibility index (Phi) is 3.47. The molecule has 2 bridgehead atoms. The SMILES string of the molecule is C=C[C@H]1CN2CC[C@@H]1CC2[C@@H](O)c1ccnc2ccccc12. The van der Waals surface area contributed by atoms with E-state index in [-0.39, 0.29) is 6.04 Å². The molecule has 3 nitrogen and oxygen atoms in total. The van der Waals surface area contributed by atoms with E-state index in [0.717, 1.165) is 36.0 Å². The Morgan fingerprint density at radius 3 is 2.95 bits per heavy atom. The number of rotatable bonds is 3. The number of hydrogen-bond donors (Lipinski definition) is 1. The maximum Gasteiger partial charge on any atom is 0.0952 e. The van der Waals surface area contributed by atoms with Crippen molar-refractivity contribution in [3.05, 3.63) is 54.7 Å². The van der Waals surface area contributed by atoms with Gasteiger partial charge in [0.15, 0.2) is 0 Å². The maximum atomic E-state index is 11.0. The van der Waals surface area contributed by atoms with Gasteiger partial charge in [-0.05, 0) is 48.9 Å². The van der Waals surface area contributed by atoms with E-state index in [1.165, 1.54) is 6.42 Å². The van der Waals surface area contributed by atoms with Crippen molar-refractivity contribution in [2.45, 2.75) is 25.0 Å². The Labute approximate surface area is 131 Å². The molecule has 0 amide bonds. The van der Waals surface area contributed by atoms with Gasteiger partial charge in [-0.1, -0.05) is 24.3 Å². The molecule has 4 heterocycles. The van der Waals surface area contributed by atoms with Crippen molar-refractivity contribution >= 4 is 10.9 Å². The van der Waals surface area contributed by atoms with Crippen molar-refractivity contribution < 1.29 is 5.11 Å². The predicted molar refractivity (Wildman–Crippen MR) is 88.5 cm³/mol. The Balaban J connectivity index is 1.67. The molecule has 0 spiro atoms. The van der Waals surface area contributed by atoms with Crippen LogP contribution >= 0.6 is 0 Å². The summed E-state index contributed by atoms with van der Waals surface area (Å²) in [6, 6.07) is 10.3. The number of para-hydroxylation sites is 1. The summed E-state index contributed by atoms with van der Waals surface area (Å²) in [6.45, 7) is 6.11. The number of pyridine rings is 1. The topological polar surface area (TPSA) is 36.4 Å². The molecule has 1 aromatic carbocycles. The van der Waals surface area contributed by atoms with Gasteiger partial charge >= 0.3 is 0 Å². The number of hydrogen-bond acceptors (Lipinski definition) is 3. The standard InChI is InChI=1S/C19H22N2O/c1-2-13-12-21-10-8-14(13)11-18(21)19(22)16-7-9-20-17-6-4-3-5-15(16)17/h2-7,9,13-14,18-19,22H,1,8,10-12H2/t13-,14+,18?,19-/m0/s1. The van der Waals surface area contributed by atoms with Crippen LogP contribution in [0.25, 0.3) is 10.9 Å². The number of aliphatic hydroxyl groups is 1. The van der Waals surface area contributed by atoms with Crippen molar-refractivity contribution in [2.75, 3.05) is 13.1 Å². The van der Waals surface area contributed by atoms with Crippen molar-refractivity contribution in [1.29, 1.82) is 0 Å². The number of fused-ring (bicyclic) bond motifs is 4. The third-order valence-corrected chi connectivity index (χ3v) is 5.52. The van der Waals surface area contributed by atoms with Crippen LogP contribution in [0.4, 0.5) is 0 Å². The Hall–Kier alpha value is -1.71. The van der Waals surface area contributed by atoms with Crippen molar-refractivity contribution in [1.82, 2.24) is 9.88 Å². The van der Waals surface area contributed by atoms with Gasteiger partial charge in [-0.2, -0.15) is 0 Å². The summed E-state index contributed by atoms with van der Waals surface area (Å²) < 4.78 is 0. The van der Waals surface area contributed by atoms with E-state index in [1.807, 2.05) is 30.5 Å². The molecule has 0 radical (unpaired) electrons. The molecule has 3 saturated heterocycles. The lowest BCUT2D eigenvalue weighted by atomic mass is 9.73. The molecule has 3 aliphatic rings. The molecule has 2 aromatic rings. The fraction of sp³-hybridized carbons (Fsp3) is 0.421. The molecule has 1 aromatic heterocycles. The van der Waals surface area contributed by atoms with Crippen LogP contribution in [0, 0.1) is 11.8 Å². The summed E-state index contributed by atoms with van der Waals surface area (Å²) in [5.41, 5.74) is 1.97. The van der Waals surface area contributed by atoms with Gasteiger partial charge in [0.2, 0.25) is 0 Å². The maximum absolute atomic E-state index is 11.0. The van der Waals surface area contributed by atoms with Crippen LogP contribution in [0.15, 0.2) is 49.2 Å². The third-order valence-electron chi connectivity index (χ3n) is 5.52. The molecule has 114 valence electrons. The van der Waals surface area contributed by atoms with E-state index in [2.05, 4.69) is 28.6 Å². The molecular weight excluding hydrogens is 272 g/mol. The molecule has 3 fully saturated rings. The molecule has 3 aliphatic heterocycles. The molecule has 3 heteroatoms. The lowest BCUT2D eigenvalue weighted by Gasteiger charge is -2.50. The van der Waals surface area contributed by atoms with E-state index < -0.39 is 6.10 Å². The van der Waals surface area contributed by atoms with Gasteiger partial charge in [-0.25, -0.2) is 0 Å². The molecule has 2 unspecified atom stereocenters. The first-order chi connectivity index (χ1) is 10.8. The molecule has 22 heavy (non-hydrogen) atoms. The van der Waals surface area contributed by atoms with Gasteiger partial charge in [0.05, 0.1) is 11.6 Å². The highest BCUT2D eigenvalue weighted by atomic mass is 16.3. The monoisotopic (exact) mass is 294 g/mol. The molecule has 5 rings (SSSR count). The van der Waals surface area contributed by atoms with Crippen molar-refractivity contribution in [3.8, 4) is 0 Å². The first-order valence-electron chi connectivity index (χ1n) is 8.16. The molecular formula is C19H22N2O. The summed E-state index contributed by atoms with van der Waals surface area (Å²) in [5, 5.41) is 12.1. The van der Waals surface area contributed by atoms with Crippen LogP contribution in [-0.4, -0.2) is 34.1 Å². The van der Waals surface area contributed by atoms with Crippen molar-refractivity contribution in [2.24, 2.45) is 11.8 Å². The van der Waals surface area contributed by atoms with E-state index in [0.29, 0.717) is 11.8 Å². The largest absolute Gasteiger partial charge is 0.387 e. The van der Waals surface area contributed by atoms with Gasteiger partial charge in [0, 0.05) is 24.2 Å². The highest BCUT2D eigenvalue weighted by Crippen LogP contribution is 2.41. The van der Waals surface area contributed by atoms with E-state index >= 15 is 0 Å². The van der Waals surface area contributed by atoms with Crippen LogP contribution in [0.3, 0.4) is 0 Å². The highest BCUT2D eigenvalue weighted by molar-refractivity contribution is 5.82. The van der Waals surface area contributed by atoms with Crippen LogP contribution in [0.2, 0.25) is 0 Å². The summed E-state index contributed by atoms with van der Waals surface area (Å²) in [4.78, 5) is 6.86. The van der Waals surface area contributed by atoms with Gasteiger partial charge < -0.3 is 5.11 Å². The fourth-order valence-electron chi connectivity index (χ4n) is 4.29. The Morgan fingerprint density at radius 1 is 1.32 bits per heavy atom. The average molecular weight is 294 g/mol. The summed E-state index contributed by atoms with van der Waals surface area (Å²) in [7, 11) is 0. The zero-order valence-electron chi connectivity index (χ0n) is 12.7. The fourth-order valence-corrected chi connectivity index (χ4v) is 4.29. The minimum absolute atomic E-state index is 0.223. The number of benzene rings is 1. The van der Waals surface area contributed by atoms with E-state index in [9.17, 15) is 5.11 Å². The average Bonchev–Trinajstić information content (AvgIpc) is 2.60. The Morgan fingerprint density at radius 2 is 2.18 bits per heavy atom. The molecule has 5 atom stereocenters.